The van der Waals surface area contributed by atoms with Crippen LogP contribution in [0.15, 0.2) is 0 Å². The normalized spacial score (nSPS) is 13.0. The monoisotopic (exact) mass is 538 g/mol. The summed E-state index contributed by atoms with van der Waals surface area (Å²) in [7, 11) is 0. The Morgan fingerprint density at radius 1 is 0.368 bits per heavy atom. The fourth-order valence-corrected chi connectivity index (χ4v) is 5.76. The Kier molecular flexibility index (Phi) is 28.1. The lowest BCUT2D eigenvalue weighted by Gasteiger charge is -2.20. The SMILES string of the molecule is CCCCCCCCCCCCCCCCCCCCC(C(=O)O)C(CCCCCCCCCC)C(=O)O. The lowest BCUT2D eigenvalue weighted by Crippen LogP contribution is -2.30. The van der Waals surface area contributed by atoms with Gasteiger partial charge in [-0.15, -0.1) is 0 Å². The predicted molar refractivity (Wildman–Crippen MR) is 163 cm³/mol. The summed E-state index contributed by atoms with van der Waals surface area (Å²) in [4.78, 5) is 23.6. The first-order valence-electron chi connectivity index (χ1n) is 17.0. The van der Waals surface area contributed by atoms with Crippen LogP contribution < -0.4 is 0 Å². The molecule has 0 saturated heterocycles. The molecule has 4 heteroatoms. The number of hydrogen-bond acceptors (Lipinski definition) is 2. The minimum atomic E-state index is -0.928. The van der Waals surface area contributed by atoms with Crippen molar-refractivity contribution >= 4 is 11.9 Å². The van der Waals surface area contributed by atoms with E-state index >= 15 is 0 Å². The number of hydrogen-bond donors (Lipinski definition) is 2. The minimum Gasteiger partial charge on any atom is -0.481 e. The molecule has 2 unspecified atom stereocenters. The maximum absolute atomic E-state index is 11.8. The van der Waals surface area contributed by atoms with Crippen molar-refractivity contribution in [1.29, 1.82) is 0 Å². The van der Waals surface area contributed by atoms with Crippen LogP contribution in [-0.2, 0) is 9.59 Å². The summed E-state index contributed by atoms with van der Waals surface area (Å²) >= 11 is 0. The molecule has 0 aromatic heterocycles. The molecule has 0 bridgehead atoms. The lowest BCUT2D eigenvalue weighted by atomic mass is 9.84. The molecule has 0 rings (SSSR count). The Morgan fingerprint density at radius 3 is 0.737 bits per heavy atom. The van der Waals surface area contributed by atoms with E-state index in [1.54, 1.807) is 0 Å². The Balaban J connectivity index is 3.73. The van der Waals surface area contributed by atoms with Gasteiger partial charge in [0.15, 0.2) is 0 Å². The highest BCUT2D eigenvalue weighted by Gasteiger charge is 2.32. The zero-order valence-corrected chi connectivity index (χ0v) is 25.7. The van der Waals surface area contributed by atoms with E-state index in [4.69, 9.17) is 0 Å². The molecule has 2 N–H and O–H groups in total. The van der Waals surface area contributed by atoms with Crippen LogP contribution in [0, 0.1) is 11.8 Å². The number of unbranched alkanes of at least 4 members (excludes halogenated alkanes) is 24. The molecule has 226 valence electrons. The van der Waals surface area contributed by atoms with Gasteiger partial charge in [0.25, 0.3) is 0 Å². The number of carboxylic acids is 2. The molecular weight excluding hydrogens is 472 g/mol. The highest BCUT2D eigenvalue weighted by atomic mass is 16.4. The summed E-state index contributed by atoms with van der Waals surface area (Å²) in [6.07, 6.45) is 33.8. The van der Waals surface area contributed by atoms with Gasteiger partial charge in [-0.1, -0.05) is 181 Å². The molecule has 0 aliphatic carbocycles. The summed E-state index contributed by atoms with van der Waals surface area (Å²) in [5.41, 5.74) is 0. The van der Waals surface area contributed by atoms with Crippen molar-refractivity contribution in [3.05, 3.63) is 0 Å². The molecule has 0 aromatic rings. The largest absolute Gasteiger partial charge is 0.481 e. The first-order chi connectivity index (χ1) is 18.5. The number of aliphatic carboxylic acids is 2. The molecule has 0 heterocycles. The quantitative estimate of drug-likeness (QED) is 0.0860. The molecule has 0 radical (unpaired) electrons. The first kappa shape index (κ1) is 36.9. The minimum absolute atomic E-state index is 0.500. The summed E-state index contributed by atoms with van der Waals surface area (Å²) in [5, 5.41) is 19.4. The predicted octanol–water partition coefficient (Wildman–Crippen LogP) is 11.4. The summed E-state index contributed by atoms with van der Waals surface area (Å²) in [6.45, 7) is 4.49. The zero-order valence-electron chi connectivity index (χ0n) is 25.7. The van der Waals surface area contributed by atoms with Crippen LogP contribution in [-0.4, -0.2) is 22.2 Å². The van der Waals surface area contributed by atoms with E-state index in [1.807, 2.05) is 0 Å². The van der Waals surface area contributed by atoms with E-state index < -0.39 is 23.8 Å². The van der Waals surface area contributed by atoms with Crippen molar-refractivity contribution in [3.8, 4) is 0 Å². The second kappa shape index (κ2) is 28.9. The third-order valence-corrected chi connectivity index (χ3v) is 8.36. The van der Waals surface area contributed by atoms with Crippen LogP contribution in [0.5, 0.6) is 0 Å². The molecule has 0 saturated carbocycles. The van der Waals surface area contributed by atoms with Gasteiger partial charge in [-0.3, -0.25) is 9.59 Å². The van der Waals surface area contributed by atoms with Crippen molar-refractivity contribution in [2.24, 2.45) is 11.8 Å². The summed E-state index contributed by atoms with van der Waals surface area (Å²) in [5.74, 6) is -3.33. The average molecular weight is 539 g/mol. The van der Waals surface area contributed by atoms with Gasteiger partial charge in [0.1, 0.15) is 0 Å². The van der Waals surface area contributed by atoms with Crippen LogP contribution in [0.25, 0.3) is 0 Å². The molecule has 2 atom stereocenters. The van der Waals surface area contributed by atoms with E-state index in [-0.39, 0.29) is 0 Å². The maximum atomic E-state index is 11.8. The molecule has 0 fully saturated rings. The van der Waals surface area contributed by atoms with Gasteiger partial charge in [0.2, 0.25) is 0 Å². The fraction of sp³-hybridized carbons (Fsp3) is 0.941. The van der Waals surface area contributed by atoms with Crippen LogP contribution >= 0.6 is 0 Å². The highest BCUT2D eigenvalue weighted by Crippen LogP contribution is 2.26. The van der Waals surface area contributed by atoms with E-state index in [2.05, 4.69) is 13.8 Å². The third-order valence-electron chi connectivity index (χ3n) is 8.36. The molecule has 4 nitrogen and oxygen atoms in total. The number of carbonyl (C=O) groups is 2. The number of rotatable bonds is 31. The second-order valence-corrected chi connectivity index (χ2v) is 12.0. The molecule has 0 aliphatic rings. The molecule has 0 aromatic carbocycles. The van der Waals surface area contributed by atoms with Gasteiger partial charge in [-0.25, -0.2) is 0 Å². The van der Waals surface area contributed by atoms with Gasteiger partial charge in [0.05, 0.1) is 11.8 Å². The molecular formula is C34H66O4. The Bertz CT molecular complexity index is 519. The van der Waals surface area contributed by atoms with Crippen molar-refractivity contribution in [2.45, 2.75) is 194 Å². The van der Waals surface area contributed by atoms with Crippen LogP contribution in [0.4, 0.5) is 0 Å². The Labute approximate surface area is 237 Å². The van der Waals surface area contributed by atoms with Crippen molar-refractivity contribution in [2.75, 3.05) is 0 Å². The zero-order chi connectivity index (χ0) is 28.1. The first-order valence-corrected chi connectivity index (χ1v) is 17.0. The lowest BCUT2D eigenvalue weighted by molar-refractivity contribution is -0.154. The van der Waals surface area contributed by atoms with Gasteiger partial charge >= 0.3 is 11.9 Å². The second-order valence-electron chi connectivity index (χ2n) is 12.0. The van der Waals surface area contributed by atoms with Crippen LogP contribution in [0.1, 0.15) is 194 Å². The standard InChI is InChI=1S/C34H66O4/c1-3-5-7-9-11-13-14-15-16-17-18-19-20-21-22-24-26-28-30-32(34(37)38)31(33(35)36)29-27-25-23-12-10-8-6-4-2/h31-32H,3-30H2,1-2H3,(H,35,36)(H,37,38). The van der Waals surface area contributed by atoms with Crippen molar-refractivity contribution in [1.82, 2.24) is 0 Å². The van der Waals surface area contributed by atoms with Crippen molar-refractivity contribution in [3.63, 3.8) is 0 Å². The van der Waals surface area contributed by atoms with Crippen molar-refractivity contribution < 1.29 is 19.8 Å². The van der Waals surface area contributed by atoms with E-state index in [9.17, 15) is 19.8 Å². The van der Waals surface area contributed by atoms with Crippen LogP contribution in [0.2, 0.25) is 0 Å². The van der Waals surface area contributed by atoms with Gasteiger partial charge in [-0.2, -0.15) is 0 Å². The summed E-state index contributed by atoms with van der Waals surface area (Å²) < 4.78 is 0. The smallest absolute Gasteiger partial charge is 0.307 e. The number of carboxylic acid groups (broad SMARTS) is 2. The fourth-order valence-electron chi connectivity index (χ4n) is 5.76. The topological polar surface area (TPSA) is 74.6 Å². The van der Waals surface area contributed by atoms with Gasteiger partial charge in [0, 0.05) is 0 Å². The molecule has 38 heavy (non-hydrogen) atoms. The van der Waals surface area contributed by atoms with Gasteiger partial charge in [-0.05, 0) is 12.8 Å². The average Bonchev–Trinajstić information content (AvgIpc) is 2.89. The highest BCUT2D eigenvalue weighted by molar-refractivity contribution is 5.79. The third kappa shape index (κ3) is 24.0. The van der Waals surface area contributed by atoms with Gasteiger partial charge < -0.3 is 10.2 Å². The Morgan fingerprint density at radius 2 is 0.553 bits per heavy atom. The maximum Gasteiger partial charge on any atom is 0.307 e. The van der Waals surface area contributed by atoms with Crippen LogP contribution in [0.3, 0.4) is 0 Å². The molecule has 0 aliphatic heterocycles. The van der Waals surface area contributed by atoms with E-state index in [0.717, 1.165) is 38.5 Å². The van der Waals surface area contributed by atoms with E-state index in [0.29, 0.717) is 12.8 Å². The van der Waals surface area contributed by atoms with E-state index in [1.165, 1.54) is 128 Å². The molecule has 0 amide bonds. The summed E-state index contributed by atoms with van der Waals surface area (Å²) in [6, 6.07) is 0. The Hall–Kier alpha value is -1.06. The molecule has 0 spiro atoms.